The zero-order valence-corrected chi connectivity index (χ0v) is 10.9. The lowest BCUT2D eigenvalue weighted by Crippen LogP contribution is -2.12. The molecule has 0 aliphatic rings. The van der Waals surface area contributed by atoms with Crippen LogP contribution in [0.4, 0.5) is 11.5 Å². The van der Waals surface area contributed by atoms with E-state index >= 15 is 0 Å². The monoisotopic (exact) mass is 268 g/mol. The fourth-order valence-electron chi connectivity index (χ4n) is 1.40. The molecule has 3 N–H and O–H groups in total. The number of rotatable bonds is 4. The number of anilines is 2. The maximum Gasteiger partial charge on any atom is 0.150 e. The van der Waals surface area contributed by atoms with Crippen LogP contribution >= 0.6 is 22.9 Å². The van der Waals surface area contributed by atoms with Crippen molar-refractivity contribution in [1.82, 2.24) is 9.97 Å². The minimum absolute atomic E-state index is 0.315. The van der Waals surface area contributed by atoms with Crippen molar-refractivity contribution in [2.45, 2.75) is 12.8 Å². The SMILES string of the molecule is CC(CNc1nc(Cl)ccc1N)c1nccs1. The third kappa shape index (κ3) is 3.08. The highest BCUT2D eigenvalue weighted by Crippen LogP contribution is 2.21. The number of nitrogen functional groups attached to an aromatic ring is 1. The molecule has 2 rings (SSSR count). The smallest absolute Gasteiger partial charge is 0.150 e. The fraction of sp³-hybridized carbons (Fsp3) is 0.273. The number of hydrogen-bond acceptors (Lipinski definition) is 5. The van der Waals surface area contributed by atoms with E-state index < -0.39 is 0 Å². The molecule has 0 radical (unpaired) electrons. The van der Waals surface area contributed by atoms with Crippen LogP contribution < -0.4 is 11.1 Å². The number of nitrogens with one attached hydrogen (secondary N) is 1. The van der Waals surface area contributed by atoms with E-state index in [1.54, 1.807) is 23.5 Å². The lowest BCUT2D eigenvalue weighted by atomic mass is 10.2. The first kappa shape index (κ1) is 12.1. The predicted molar refractivity (Wildman–Crippen MR) is 72.7 cm³/mol. The summed E-state index contributed by atoms with van der Waals surface area (Å²) < 4.78 is 0. The van der Waals surface area contributed by atoms with Gasteiger partial charge >= 0.3 is 0 Å². The number of hydrogen-bond donors (Lipinski definition) is 2. The Hall–Kier alpha value is -1.33. The zero-order valence-electron chi connectivity index (χ0n) is 9.35. The van der Waals surface area contributed by atoms with Gasteiger partial charge in [-0.05, 0) is 12.1 Å². The molecule has 0 fully saturated rings. The molecule has 0 spiro atoms. The molecule has 90 valence electrons. The van der Waals surface area contributed by atoms with Crippen LogP contribution in [0.1, 0.15) is 17.8 Å². The minimum Gasteiger partial charge on any atom is -0.396 e. The van der Waals surface area contributed by atoms with Gasteiger partial charge in [-0.3, -0.25) is 0 Å². The third-order valence-corrected chi connectivity index (χ3v) is 3.56. The summed E-state index contributed by atoms with van der Waals surface area (Å²) in [7, 11) is 0. The van der Waals surface area contributed by atoms with E-state index in [-0.39, 0.29) is 0 Å². The minimum atomic E-state index is 0.315. The average Bonchev–Trinajstić information content (AvgIpc) is 2.83. The van der Waals surface area contributed by atoms with Crippen LogP contribution in [-0.2, 0) is 0 Å². The largest absolute Gasteiger partial charge is 0.396 e. The molecule has 0 amide bonds. The van der Waals surface area contributed by atoms with Crippen LogP contribution in [0.25, 0.3) is 0 Å². The van der Waals surface area contributed by atoms with Gasteiger partial charge in [0.05, 0.1) is 10.7 Å². The molecule has 1 unspecified atom stereocenters. The Morgan fingerprint density at radius 3 is 3.06 bits per heavy atom. The second kappa shape index (κ2) is 5.33. The van der Waals surface area contributed by atoms with Gasteiger partial charge in [0, 0.05) is 24.0 Å². The summed E-state index contributed by atoms with van der Waals surface area (Å²) in [6.45, 7) is 2.83. The first-order chi connectivity index (χ1) is 8.16. The van der Waals surface area contributed by atoms with E-state index in [0.29, 0.717) is 22.6 Å². The lowest BCUT2D eigenvalue weighted by molar-refractivity contribution is 0.792. The standard InChI is InChI=1S/C11H13ClN4S/c1-7(11-14-4-5-17-11)6-15-10-8(13)2-3-9(12)16-10/h2-5,7H,6,13H2,1H3,(H,15,16). The third-order valence-electron chi connectivity index (χ3n) is 2.34. The molecule has 0 saturated heterocycles. The highest BCUT2D eigenvalue weighted by molar-refractivity contribution is 7.09. The predicted octanol–water partition coefficient (Wildman–Crippen LogP) is 2.99. The molecule has 2 heterocycles. The summed E-state index contributed by atoms with van der Waals surface area (Å²) in [6.07, 6.45) is 1.81. The van der Waals surface area contributed by atoms with Crippen molar-refractivity contribution < 1.29 is 0 Å². The van der Waals surface area contributed by atoms with Crippen LogP contribution in [0.3, 0.4) is 0 Å². The Bertz CT molecular complexity index is 486. The fourth-order valence-corrected chi connectivity index (χ4v) is 2.25. The van der Waals surface area contributed by atoms with Crippen molar-refractivity contribution in [1.29, 1.82) is 0 Å². The van der Waals surface area contributed by atoms with Crippen molar-refractivity contribution >= 4 is 34.4 Å². The van der Waals surface area contributed by atoms with Crippen molar-refractivity contribution in [2.24, 2.45) is 0 Å². The van der Waals surface area contributed by atoms with Crippen LogP contribution in [0.15, 0.2) is 23.7 Å². The molecular weight excluding hydrogens is 256 g/mol. The van der Waals surface area contributed by atoms with E-state index in [1.807, 2.05) is 11.6 Å². The molecule has 17 heavy (non-hydrogen) atoms. The molecule has 0 aliphatic carbocycles. The maximum atomic E-state index is 5.81. The number of aromatic nitrogens is 2. The van der Waals surface area contributed by atoms with Gasteiger partial charge in [-0.15, -0.1) is 11.3 Å². The highest BCUT2D eigenvalue weighted by atomic mass is 35.5. The van der Waals surface area contributed by atoms with Crippen LogP contribution in [-0.4, -0.2) is 16.5 Å². The van der Waals surface area contributed by atoms with E-state index in [2.05, 4.69) is 22.2 Å². The number of halogens is 1. The van der Waals surface area contributed by atoms with Crippen LogP contribution in [0, 0.1) is 0 Å². The number of thiazole rings is 1. The number of nitrogens with zero attached hydrogens (tertiary/aromatic N) is 2. The van der Waals surface area contributed by atoms with Gasteiger partial charge in [0.1, 0.15) is 5.15 Å². The van der Waals surface area contributed by atoms with E-state index in [9.17, 15) is 0 Å². The molecule has 0 bridgehead atoms. The van der Waals surface area contributed by atoms with Crippen LogP contribution in [0.2, 0.25) is 5.15 Å². The molecule has 6 heteroatoms. The van der Waals surface area contributed by atoms with Gasteiger partial charge in [0.2, 0.25) is 0 Å². The van der Waals surface area contributed by atoms with Gasteiger partial charge in [-0.25, -0.2) is 9.97 Å². The second-order valence-corrected chi connectivity index (χ2v) is 5.04. The number of pyridine rings is 1. The van der Waals surface area contributed by atoms with Crippen molar-refractivity contribution in [3.05, 3.63) is 33.9 Å². The lowest BCUT2D eigenvalue weighted by Gasteiger charge is -2.12. The van der Waals surface area contributed by atoms with E-state index in [0.717, 1.165) is 11.6 Å². The molecule has 4 nitrogen and oxygen atoms in total. The summed E-state index contributed by atoms with van der Waals surface area (Å²) in [5, 5.41) is 6.69. The normalized spacial score (nSPS) is 12.4. The van der Waals surface area contributed by atoms with Crippen molar-refractivity contribution in [3.63, 3.8) is 0 Å². The number of nitrogens with two attached hydrogens (primary N) is 1. The summed E-state index contributed by atoms with van der Waals surface area (Å²) >= 11 is 7.46. The quantitative estimate of drug-likeness (QED) is 0.837. The van der Waals surface area contributed by atoms with E-state index in [4.69, 9.17) is 17.3 Å². The molecule has 0 saturated carbocycles. The molecule has 0 aromatic carbocycles. The molecule has 0 aliphatic heterocycles. The van der Waals surface area contributed by atoms with Gasteiger partial charge < -0.3 is 11.1 Å². The summed E-state index contributed by atoms with van der Waals surface area (Å²) in [4.78, 5) is 8.41. The Morgan fingerprint density at radius 2 is 2.35 bits per heavy atom. The maximum absolute atomic E-state index is 5.81. The molecular formula is C11H13ClN4S. The van der Waals surface area contributed by atoms with E-state index in [1.165, 1.54) is 0 Å². The Balaban J connectivity index is 2.00. The topological polar surface area (TPSA) is 63.8 Å². The molecule has 2 aromatic rings. The summed E-state index contributed by atoms with van der Waals surface area (Å²) in [5.74, 6) is 0.941. The highest BCUT2D eigenvalue weighted by Gasteiger charge is 2.09. The van der Waals surface area contributed by atoms with Crippen molar-refractivity contribution in [2.75, 3.05) is 17.6 Å². The summed E-state index contributed by atoms with van der Waals surface area (Å²) in [5.41, 5.74) is 6.40. The van der Waals surface area contributed by atoms with Crippen molar-refractivity contribution in [3.8, 4) is 0 Å². The average molecular weight is 269 g/mol. The Morgan fingerprint density at radius 1 is 1.53 bits per heavy atom. The first-order valence-electron chi connectivity index (χ1n) is 5.22. The van der Waals surface area contributed by atoms with Gasteiger partial charge in [-0.1, -0.05) is 18.5 Å². The first-order valence-corrected chi connectivity index (χ1v) is 6.48. The summed E-state index contributed by atoms with van der Waals surface area (Å²) in [6, 6.07) is 3.41. The Labute approximate surface area is 109 Å². The zero-order chi connectivity index (χ0) is 12.3. The second-order valence-electron chi connectivity index (χ2n) is 3.72. The Kier molecular flexibility index (Phi) is 3.81. The molecule has 2 aromatic heterocycles. The van der Waals surface area contributed by atoms with Gasteiger partial charge in [0.15, 0.2) is 5.82 Å². The van der Waals surface area contributed by atoms with Crippen LogP contribution in [0.5, 0.6) is 0 Å². The molecule has 1 atom stereocenters. The van der Waals surface area contributed by atoms with Gasteiger partial charge in [0.25, 0.3) is 0 Å². The van der Waals surface area contributed by atoms with Gasteiger partial charge in [-0.2, -0.15) is 0 Å².